The summed E-state index contributed by atoms with van der Waals surface area (Å²) in [6.07, 6.45) is 9.66. The molecule has 0 bridgehead atoms. The van der Waals surface area contributed by atoms with Crippen LogP contribution in [-0.2, 0) is 10.1 Å². The predicted octanol–water partition coefficient (Wildman–Crippen LogP) is 3.93. The number of unbranched alkanes of at least 4 members (excludes halogenated alkanes) is 6. The molecule has 0 aromatic rings. The van der Waals surface area contributed by atoms with E-state index in [0.717, 1.165) is 32.1 Å². The van der Waals surface area contributed by atoms with E-state index in [0.29, 0.717) is 19.3 Å². The van der Waals surface area contributed by atoms with Crippen LogP contribution in [0.4, 0.5) is 0 Å². The Hall–Kier alpha value is -0.130. The van der Waals surface area contributed by atoms with Gasteiger partial charge in [0.2, 0.25) is 0 Å². The molecule has 0 heterocycles. The normalized spacial score (nSPS) is 15.2. The second kappa shape index (κ2) is 11.5. The molecule has 0 saturated carbocycles. The van der Waals surface area contributed by atoms with Crippen molar-refractivity contribution in [1.29, 1.82) is 0 Å². The molecule has 0 aliphatic heterocycles. The lowest BCUT2D eigenvalue weighted by Crippen LogP contribution is -2.20. The number of aliphatic hydroxyl groups is 1. The maximum absolute atomic E-state index is 11.3. The molecule has 0 amide bonds. The zero-order chi connectivity index (χ0) is 15.4. The van der Waals surface area contributed by atoms with Gasteiger partial charge in [-0.25, -0.2) is 0 Å². The zero-order valence-electron chi connectivity index (χ0n) is 13.1. The van der Waals surface area contributed by atoms with Crippen molar-refractivity contribution in [2.75, 3.05) is 0 Å². The topological polar surface area (TPSA) is 74.6 Å². The van der Waals surface area contributed by atoms with Crippen LogP contribution in [0, 0.1) is 0 Å². The van der Waals surface area contributed by atoms with Crippen LogP contribution in [0.3, 0.4) is 0 Å². The van der Waals surface area contributed by atoms with Crippen LogP contribution in [0.25, 0.3) is 0 Å². The van der Waals surface area contributed by atoms with Crippen LogP contribution in [0.5, 0.6) is 0 Å². The lowest BCUT2D eigenvalue weighted by atomic mass is 10.0. The van der Waals surface area contributed by atoms with Crippen molar-refractivity contribution in [3.63, 3.8) is 0 Å². The maximum atomic E-state index is 11.3. The molecule has 122 valence electrons. The van der Waals surface area contributed by atoms with Gasteiger partial charge in [-0.15, -0.1) is 0 Å². The molecule has 4 nitrogen and oxygen atoms in total. The van der Waals surface area contributed by atoms with Crippen molar-refractivity contribution in [3.8, 4) is 0 Å². The monoisotopic (exact) mass is 308 g/mol. The first-order chi connectivity index (χ1) is 9.38. The number of hydrogen-bond acceptors (Lipinski definition) is 3. The number of aliphatic hydroxyl groups excluding tert-OH is 1. The van der Waals surface area contributed by atoms with E-state index in [1.807, 2.05) is 0 Å². The molecule has 2 atom stereocenters. The lowest BCUT2D eigenvalue weighted by molar-refractivity contribution is 0.180. The Morgan fingerprint density at radius 1 is 0.850 bits per heavy atom. The molecular formula is C15H32O4S. The van der Waals surface area contributed by atoms with E-state index < -0.39 is 15.4 Å². The van der Waals surface area contributed by atoms with Gasteiger partial charge < -0.3 is 5.11 Å². The van der Waals surface area contributed by atoms with E-state index in [1.54, 1.807) is 6.92 Å². The minimum Gasteiger partial charge on any atom is -0.393 e. The molecule has 0 aliphatic carbocycles. The molecule has 0 spiro atoms. The fourth-order valence-electron chi connectivity index (χ4n) is 2.41. The van der Waals surface area contributed by atoms with Crippen LogP contribution < -0.4 is 0 Å². The molecule has 0 rings (SSSR count). The van der Waals surface area contributed by atoms with E-state index in [1.165, 1.54) is 19.3 Å². The van der Waals surface area contributed by atoms with Gasteiger partial charge in [-0.05, 0) is 26.2 Å². The standard InChI is InChI=1S/C15H32O4S/c1-3-4-5-6-7-8-12-15(20(17,18)19)13-10-9-11-14(2)16/h14-16H,3-13H2,1-2H3,(H,17,18,19). The van der Waals surface area contributed by atoms with Crippen LogP contribution in [0.15, 0.2) is 0 Å². The van der Waals surface area contributed by atoms with Gasteiger partial charge in [0, 0.05) is 0 Å². The van der Waals surface area contributed by atoms with Crippen molar-refractivity contribution >= 4 is 10.1 Å². The van der Waals surface area contributed by atoms with E-state index >= 15 is 0 Å². The summed E-state index contributed by atoms with van der Waals surface area (Å²) in [5.74, 6) is 0. The molecule has 0 aromatic heterocycles. The first kappa shape index (κ1) is 19.9. The van der Waals surface area contributed by atoms with Gasteiger partial charge in [0.15, 0.2) is 0 Å². The molecule has 0 saturated heterocycles. The van der Waals surface area contributed by atoms with Crippen LogP contribution in [0.1, 0.15) is 84.5 Å². The number of rotatable bonds is 13. The quantitative estimate of drug-likeness (QED) is 0.399. The highest BCUT2D eigenvalue weighted by molar-refractivity contribution is 7.86. The van der Waals surface area contributed by atoms with Crippen LogP contribution >= 0.6 is 0 Å². The Labute approximate surface area is 124 Å². The summed E-state index contributed by atoms with van der Waals surface area (Å²) >= 11 is 0. The summed E-state index contributed by atoms with van der Waals surface area (Å²) in [5, 5.41) is 8.53. The van der Waals surface area contributed by atoms with E-state index in [4.69, 9.17) is 5.11 Å². The van der Waals surface area contributed by atoms with Crippen molar-refractivity contribution in [2.45, 2.75) is 95.8 Å². The third kappa shape index (κ3) is 11.7. The van der Waals surface area contributed by atoms with Gasteiger partial charge in [0.05, 0.1) is 11.4 Å². The molecule has 0 radical (unpaired) electrons. The zero-order valence-corrected chi connectivity index (χ0v) is 13.9. The smallest absolute Gasteiger partial charge is 0.267 e. The average molecular weight is 308 g/mol. The molecule has 0 fully saturated rings. The highest BCUT2D eigenvalue weighted by Gasteiger charge is 2.21. The first-order valence-electron chi connectivity index (χ1n) is 8.02. The summed E-state index contributed by atoms with van der Waals surface area (Å²) in [6.45, 7) is 3.90. The van der Waals surface area contributed by atoms with Crippen molar-refractivity contribution in [3.05, 3.63) is 0 Å². The summed E-state index contributed by atoms with van der Waals surface area (Å²) in [6, 6.07) is 0. The molecule has 0 aromatic carbocycles. The predicted molar refractivity (Wildman–Crippen MR) is 83.5 cm³/mol. The molecular weight excluding hydrogens is 276 g/mol. The lowest BCUT2D eigenvalue weighted by Gasteiger charge is -2.14. The molecule has 0 aliphatic rings. The van der Waals surface area contributed by atoms with E-state index in [9.17, 15) is 13.0 Å². The molecule has 2 unspecified atom stereocenters. The van der Waals surface area contributed by atoms with E-state index in [2.05, 4.69) is 6.92 Å². The van der Waals surface area contributed by atoms with Gasteiger partial charge >= 0.3 is 0 Å². The van der Waals surface area contributed by atoms with Gasteiger partial charge in [-0.3, -0.25) is 4.55 Å². The fourth-order valence-corrected chi connectivity index (χ4v) is 3.34. The Bertz CT molecular complexity index is 312. The van der Waals surface area contributed by atoms with Crippen LogP contribution in [-0.4, -0.2) is 29.4 Å². The van der Waals surface area contributed by atoms with Crippen LogP contribution in [0.2, 0.25) is 0 Å². The largest absolute Gasteiger partial charge is 0.393 e. The number of hydrogen-bond donors (Lipinski definition) is 2. The second-order valence-corrected chi connectivity index (χ2v) is 7.52. The Balaban J connectivity index is 3.87. The second-order valence-electron chi connectivity index (χ2n) is 5.83. The summed E-state index contributed by atoms with van der Waals surface area (Å²) in [7, 11) is -3.93. The highest BCUT2D eigenvalue weighted by atomic mass is 32.2. The van der Waals surface area contributed by atoms with Gasteiger partial charge in [-0.2, -0.15) is 8.42 Å². The molecule has 20 heavy (non-hydrogen) atoms. The molecule has 2 N–H and O–H groups in total. The summed E-state index contributed by atoms with van der Waals surface area (Å²) < 4.78 is 31.9. The molecule has 5 heteroatoms. The van der Waals surface area contributed by atoms with Crippen molar-refractivity contribution in [2.24, 2.45) is 0 Å². The van der Waals surface area contributed by atoms with Gasteiger partial charge in [0.1, 0.15) is 0 Å². The average Bonchev–Trinajstić information content (AvgIpc) is 2.34. The van der Waals surface area contributed by atoms with E-state index in [-0.39, 0.29) is 6.10 Å². The Kier molecular flexibility index (Phi) is 11.4. The minimum absolute atomic E-state index is 0.335. The third-order valence-corrected chi connectivity index (χ3v) is 5.01. The SMILES string of the molecule is CCCCCCCCC(CCCCC(C)O)S(=O)(=O)O. The Morgan fingerprint density at radius 3 is 1.80 bits per heavy atom. The van der Waals surface area contributed by atoms with Crippen molar-refractivity contribution in [1.82, 2.24) is 0 Å². The van der Waals surface area contributed by atoms with Crippen molar-refractivity contribution < 1.29 is 18.1 Å². The Morgan fingerprint density at radius 2 is 1.30 bits per heavy atom. The van der Waals surface area contributed by atoms with Gasteiger partial charge in [0.25, 0.3) is 10.1 Å². The van der Waals surface area contributed by atoms with Gasteiger partial charge in [-0.1, -0.05) is 58.3 Å². The first-order valence-corrected chi connectivity index (χ1v) is 9.52. The maximum Gasteiger partial charge on any atom is 0.267 e. The summed E-state index contributed by atoms with van der Waals surface area (Å²) in [4.78, 5) is 0. The fraction of sp³-hybridized carbons (Fsp3) is 1.00. The third-order valence-electron chi connectivity index (χ3n) is 3.70. The highest BCUT2D eigenvalue weighted by Crippen LogP contribution is 2.18. The minimum atomic E-state index is -3.93. The summed E-state index contributed by atoms with van der Waals surface area (Å²) in [5.41, 5.74) is 0.